The van der Waals surface area contributed by atoms with E-state index in [2.05, 4.69) is 15.6 Å². The number of aromatic nitrogens is 2. The first kappa shape index (κ1) is 27.8. The highest BCUT2D eigenvalue weighted by atomic mass is 35.5. The summed E-state index contributed by atoms with van der Waals surface area (Å²) >= 11 is 6.25. The molecule has 2 aromatic heterocycles. The molecule has 0 spiro atoms. The maximum absolute atomic E-state index is 14.9. The van der Waals surface area contributed by atoms with Crippen LogP contribution in [-0.2, 0) is 15.5 Å². The van der Waals surface area contributed by atoms with Crippen molar-refractivity contribution in [2.75, 3.05) is 5.32 Å². The third kappa shape index (κ3) is 5.90. The minimum absolute atomic E-state index is 0.0384. The highest BCUT2D eigenvalue weighted by molar-refractivity contribution is 6.33. The molecule has 0 radical (unpaired) electrons. The van der Waals surface area contributed by atoms with E-state index in [1.807, 2.05) is 13.0 Å². The Hall–Kier alpha value is -3.27. The fraction of sp³-hybridized carbons (Fsp3) is 0.481. The van der Waals surface area contributed by atoms with Crippen LogP contribution < -0.4 is 5.32 Å². The van der Waals surface area contributed by atoms with Crippen molar-refractivity contribution in [2.45, 2.75) is 77.6 Å². The lowest BCUT2D eigenvalue weighted by Crippen LogP contribution is -2.30. The molecule has 1 amide bonds. The lowest BCUT2D eigenvalue weighted by atomic mass is 9.86. The van der Waals surface area contributed by atoms with Gasteiger partial charge in [0.25, 0.3) is 0 Å². The van der Waals surface area contributed by atoms with Crippen LogP contribution >= 0.6 is 11.6 Å². The van der Waals surface area contributed by atoms with Crippen LogP contribution in [0.25, 0.3) is 11.4 Å². The van der Waals surface area contributed by atoms with Gasteiger partial charge in [0.1, 0.15) is 17.1 Å². The first-order valence-electron chi connectivity index (χ1n) is 12.4. The third-order valence-corrected chi connectivity index (χ3v) is 6.97. The Morgan fingerprint density at radius 3 is 2.50 bits per heavy atom. The topological polar surface area (TPSA) is 118 Å². The summed E-state index contributed by atoms with van der Waals surface area (Å²) in [7, 11) is 0. The zero-order valence-corrected chi connectivity index (χ0v) is 22.4. The summed E-state index contributed by atoms with van der Waals surface area (Å²) in [6, 6.07) is 6.39. The SMILES string of the molecule is Cc1ccc(NC(=O)C[C@@H](CCC(=O)O)c2onc(-c3cc(C(F)(F)C(C)(C)C)on3)c2C2CC2)c(Cl)c1. The number of aryl methyl sites for hydroxylation is 1. The number of carboxylic acids is 1. The first-order valence-corrected chi connectivity index (χ1v) is 12.8. The molecule has 0 bridgehead atoms. The predicted octanol–water partition coefficient (Wildman–Crippen LogP) is 7.28. The molecule has 0 aliphatic heterocycles. The lowest BCUT2D eigenvalue weighted by molar-refractivity contribution is -0.137. The largest absolute Gasteiger partial charge is 0.481 e. The number of nitrogens with zero attached hydrogens (tertiary/aromatic N) is 2. The van der Waals surface area contributed by atoms with Crippen molar-refractivity contribution >= 4 is 29.2 Å². The smallest absolute Gasteiger partial charge is 0.312 e. The van der Waals surface area contributed by atoms with Crippen molar-refractivity contribution in [3.8, 4) is 11.4 Å². The van der Waals surface area contributed by atoms with E-state index in [9.17, 15) is 23.5 Å². The quantitative estimate of drug-likeness (QED) is 0.272. The fourth-order valence-corrected chi connectivity index (χ4v) is 4.51. The van der Waals surface area contributed by atoms with Gasteiger partial charge in [-0.05, 0) is 49.8 Å². The number of nitrogens with one attached hydrogen (secondary N) is 1. The van der Waals surface area contributed by atoms with Gasteiger partial charge in [0.15, 0.2) is 0 Å². The zero-order chi connectivity index (χ0) is 27.8. The number of carbonyl (C=O) groups excluding carboxylic acids is 1. The Kier molecular flexibility index (Phi) is 7.65. The standard InChI is InChI=1S/C27H30ClF2N3O5/c1-14-5-9-18(17(28)11-14)31-21(34)12-16(8-10-22(35)36)25-23(15-6-7-15)24(33-38-25)19-13-20(37-32-19)27(29,30)26(2,3)4/h5,9,11,13,15-16H,6-8,10,12H2,1-4H3,(H,31,34)(H,35,36)/t16-/m1/s1. The Morgan fingerprint density at radius 1 is 1.18 bits per heavy atom. The number of anilines is 1. The molecule has 0 saturated heterocycles. The molecule has 38 heavy (non-hydrogen) atoms. The minimum Gasteiger partial charge on any atom is -0.481 e. The highest BCUT2D eigenvalue weighted by Crippen LogP contribution is 2.50. The molecule has 2 N–H and O–H groups in total. The van der Waals surface area contributed by atoms with E-state index < -0.39 is 29.0 Å². The second kappa shape index (κ2) is 10.5. The van der Waals surface area contributed by atoms with E-state index in [0.29, 0.717) is 22.0 Å². The van der Waals surface area contributed by atoms with Gasteiger partial charge in [0.05, 0.1) is 10.7 Å². The van der Waals surface area contributed by atoms with Gasteiger partial charge in [-0.3, -0.25) is 9.59 Å². The van der Waals surface area contributed by atoms with Gasteiger partial charge in [0.2, 0.25) is 11.7 Å². The van der Waals surface area contributed by atoms with Crippen molar-refractivity contribution in [2.24, 2.45) is 5.41 Å². The predicted molar refractivity (Wildman–Crippen MR) is 136 cm³/mol. The Bertz CT molecular complexity index is 1340. The van der Waals surface area contributed by atoms with Crippen molar-refractivity contribution < 1.29 is 32.5 Å². The zero-order valence-electron chi connectivity index (χ0n) is 21.6. The molecule has 11 heteroatoms. The van der Waals surface area contributed by atoms with E-state index in [-0.39, 0.29) is 42.5 Å². The Morgan fingerprint density at radius 2 is 1.89 bits per heavy atom. The van der Waals surface area contributed by atoms with Gasteiger partial charge >= 0.3 is 11.9 Å². The first-order chi connectivity index (χ1) is 17.8. The maximum atomic E-state index is 14.9. The number of carbonyl (C=O) groups is 2. The number of aliphatic carboxylic acids is 1. The van der Waals surface area contributed by atoms with Crippen LogP contribution in [0.5, 0.6) is 0 Å². The van der Waals surface area contributed by atoms with Crippen LogP contribution in [0.3, 0.4) is 0 Å². The molecular formula is C27H30ClF2N3O5. The van der Waals surface area contributed by atoms with Crippen LogP contribution in [0.2, 0.25) is 5.02 Å². The van der Waals surface area contributed by atoms with Crippen LogP contribution in [0, 0.1) is 12.3 Å². The average molecular weight is 550 g/mol. The van der Waals surface area contributed by atoms with Crippen molar-refractivity contribution in [1.82, 2.24) is 10.3 Å². The molecule has 1 fully saturated rings. The monoisotopic (exact) mass is 549 g/mol. The number of rotatable bonds is 10. The van der Waals surface area contributed by atoms with Gasteiger partial charge < -0.3 is 19.5 Å². The molecule has 8 nitrogen and oxygen atoms in total. The van der Waals surface area contributed by atoms with E-state index in [1.54, 1.807) is 12.1 Å². The summed E-state index contributed by atoms with van der Waals surface area (Å²) in [5, 5.41) is 20.4. The number of hydrogen-bond acceptors (Lipinski definition) is 6. The molecule has 1 saturated carbocycles. The van der Waals surface area contributed by atoms with E-state index in [4.69, 9.17) is 20.6 Å². The molecule has 3 aromatic rings. The van der Waals surface area contributed by atoms with E-state index >= 15 is 0 Å². The molecular weight excluding hydrogens is 520 g/mol. The Balaban J connectivity index is 1.64. The fourth-order valence-electron chi connectivity index (χ4n) is 4.23. The third-order valence-electron chi connectivity index (χ3n) is 6.65. The number of benzene rings is 1. The van der Waals surface area contributed by atoms with E-state index in [1.165, 1.54) is 20.8 Å². The number of carboxylic acid groups (broad SMARTS) is 1. The molecule has 0 unspecified atom stereocenters. The summed E-state index contributed by atoms with van der Waals surface area (Å²) in [6.45, 7) is 6.09. The van der Waals surface area contributed by atoms with E-state index in [0.717, 1.165) is 24.5 Å². The minimum atomic E-state index is -3.27. The number of amides is 1. The normalized spacial score (nSPS) is 14.9. The number of hydrogen-bond donors (Lipinski definition) is 2. The molecule has 1 aliphatic rings. The van der Waals surface area contributed by atoms with Gasteiger partial charge in [0, 0.05) is 35.8 Å². The van der Waals surface area contributed by atoms with Crippen molar-refractivity contribution in [3.63, 3.8) is 0 Å². The van der Waals surface area contributed by atoms with Gasteiger partial charge in [-0.25, -0.2) is 0 Å². The summed E-state index contributed by atoms with van der Waals surface area (Å²) in [5.41, 5.74) is 1.01. The average Bonchev–Trinajstić information content (AvgIpc) is 3.35. The highest BCUT2D eigenvalue weighted by Gasteiger charge is 2.48. The second-order valence-electron chi connectivity index (χ2n) is 10.8. The maximum Gasteiger partial charge on any atom is 0.312 e. The number of alkyl halides is 2. The molecule has 2 heterocycles. The summed E-state index contributed by atoms with van der Waals surface area (Å²) in [4.78, 5) is 24.3. The summed E-state index contributed by atoms with van der Waals surface area (Å²) < 4.78 is 40.4. The van der Waals surface area contributed by atoms with Crippen LogP contribution in [0.4, 0.5) is 14.5 Å². The summed E-state index contributed by atoms with van der Waals surface area (Å²) in [5.74, 6) is -5.46. The van der Waals surface area contributed by atoms with Gasteiger partial charge in [-0.15, -0.1) is 0 Å². The molecule has 204 valence electrons. The van der Waals surface area contributed by atoms with Crippen LogP contribution in [-0.4, -0.2) is 27.3 Å². The molecule has 1 aromatic carbocycles. The van der Waals surface area contributed by atoms with Crippen molar-refractivity contribution in [1.29, 1.82) is 0 Å². The molecule has 1 aliphatic carbocycles. The van der Waals surface area contributed by atoms with Crippen molar-refractivity contribution in [3.05, 3.63) is 51.9 Å². The molecule has 4 rings (SSSR count). The lowest BCUT2D eigenvalue weighted by Gasteiger charge is -2.27. The van der Waals surface area contributed by atoms with Gasteiger partial charge in [-0.2, -0.15) is 8.78 Å². The number of halogens is 3. The second-order valence-corrected chi connectivity index (χ2v) is 11.3. The summed E-state index contributed by atoms with van der Waals surface area (Å²) in [6.07, 6.45) is 1.47. The molecule has 1 atom stereocenters. The van der Waals surface area contributed by atoms with Crippen LogP contribution in [0.1, 0.15) is 87.4 Å². The van der Waals surface area contributed by atoms with Crippen LogP contribution in [0.15, 0.2) is 33.3 Å². The Labute approximate surface area is 223 Å². The van der Waals surface area contributed by atoms with Gasteiger partial charge in [-0.1, -0.05) is 48.8 Å².